The molecule has 1 aliphatic rings. The van der Waals surface area contributed by atoms with Gasteiger partial charge in [0, 0.05) is 49.5 Å². The Morgan fingerprint density at radius 1 is 1.13 bits per heavy atom. The number of carbonyl (C=O) groups excluding carboxylic acids is 2. The third kappa shape index (κ3) is 4.49. The molecule has 154 valence electrons. The molecule has 2 amide bonds. The monoisotopic (exact) mass is 444 g/mol. The highest BCUT2D eigenvalue weighted by molar-refractivity contribution is 7.13. The number of piperazine rings is 1. The molecule has 0 N–H and O–H groups in total. The Morgan fingerprint density at radius 3 is 2.60 bits per heavy atom. The van der Waals surface area contributed by atoms with E-state index in [-0.39, 0.29) is 28.8 Å². The van der Waals surface area contributed by atoms with Crippen LogP contribution in [0.25, 0.3) is 10.6 Å². The normalized spacial score (nSPS) is 14.1. The van der Waals surface area contributed by atoms with E-state index in [0.29, 0.717) is 26.2 Å². The van der Waals surface area contributed by atoms with E-state index in [9.17, 15) is 14.0 Å². The van der Waals surface area contributed by atoms with E-state index in [1.54, 1.807) is 22.2 Å². The van der Waals surface area contributed by atoms with Crippen LogP contribution in [0.4, 0.5) is 4.39 Å². The number of amides is 2. The summed E-state index contributed by atoms with van der Waals surface area (Å²) in [4.78, 5) is 37.3. The largest absolute Gasteiger partial charge is 0.339 e. The zero-order valence-electron chi connectivity index (χ0n) is 15.9. The Labute approximate surface area is 181 Å². The van der Waals surface area contributed by atoms with Crippen molar-refractivity contribution in [3.05, 3.63) is 70.2 Å². The summed E-state index contributed by atoms with van der Waals surface area (Å²) in [6.07, 6.45) is 3.67. The predicted molar refractivity (Wildman–Crippen MR) is 113 cm³/mol. The van der Waals surface area contributed by atoms with Crippen LogP contribution in [0.2, 0.25) is 5.02 Å². The lowest BCUT2D eigenvalue weighted by atomic mass is 10.1. The topological polar surface area (TPSA) is 66.4 Å². The third-order valence-corrected chi connectivity index (χ3v) is 6.13. The zero-order chi connectivity index (χ0) is 21.1. The van der Waals surface area contributed by atoms with Crippen LogP contribution in [0.15, 0.2) is 48.1 Å². The Hall–Kier alpha value is -2.84. The summed E-state index contributed by atoms with van der Waals surface area (Å²) in [7, 11) is 0. The molecule has 1 aliphatic heterocycles. The van der Waals surface area contributed by atoms with Gasteiger partial charge in [0.05, 0.1) is 22.7 Å². The minimum atomic E-state index is -0.485. The first-order chi connectivity index (χ1) is 14.5. The van der Waals surface area contributed by atoms with Crippen LogP contribution in [-0.4, -0.2) is 57.8 Å². The van der Waals surface area contributed by atoms with Gasteiger partial charge in [-0.05, 0) is 30.3 Å². The van der Waals surface area contributed by atoms with Crippen molar-refractivity contribution >= 4 is 34.8 Å². The van der Waals surface area contributed by atoms with E-state index in [2.05, 4.69) is 9.97 Å². The second kappa shape index (κ2) is 8.89. The molecular formula is C21H18ClFN4O2S. The van der Waals surface area contributed by atoms with Gasteiger partial charge in [-0.3, -0.25) is 14.6 Å². The predicted octanol–water partition coefficient (Wildman–Crippen LogP) is 3.52. The average Bonchev–Trinajstić information content (AvgIpc) is 3.22. The zero-order valence-corrected chi connectivity index (χ0v) is 17.5. The molecule has 1 aromatic carbocycles. The maximum absolute atomic E-state index is 13.2. The number of rotatable bonds is 4. The van der Waals surface area contributed by atoms with Crippen molar-refractivity contribution < 1.29 is 14.0 Å². The van der Waals surface area contributed by atoms with Gasteiger partial charge in [-0.2, -0.15) is 0 Å². The van der Waals surface area contributed by atoms with Gasteiger partial charge in [0.25, 0.3) is 5.91 Å². The number of hydrogen-bond acceptors (Lipinski definition) is 5. The molecule has 2 aromatic heterocycles. The average molecular weight is 445 g/mol. The molecule has 0 saturated carbocycles. The number of nitrogens with zero attached hydrogens (tertiary/aromatic N) is 4. The first-order valence-electron chi connectivity index (χ1n) is 9.38. The van der Waals surface area contributed by atoms with Gasteiger partial charge in [-0.25, -0.2) is 9.37 Å². The molecule has 3 aromatic rings. The van der Waals surface area contributed by atoms with E-state index in [4.69, 9.17) is 11.6 Å². The number of pyridine rings is 1. The third-order valence-electron chi connectivity index (χ3n) is 4.87. The van der Waals surface area contributed by atoms with E-state index >= 15 is 0 Å². The molecule has 0 bridgehead atoms. The van der Waals surface area contributed by atoms with Crippen molar-refractivity contribution in [1.82, 2.24) is 19.8 Å². The quantitative estimate of drug-likeness (QED) is 0.617. The molecule has 0 unspecified atom stereocenters. The van der Waals surface area contributed by atoms with Crippen molar-refractivity contribution in [2.75, 3.05) is 26.2 Å². The van der Waals surface area contributed by atoms with E-state index in [0.717, 1.165) is 22.3 Å². The van der Waals surface area contributed by atoms with Crippen LogP contribution in [0.3, 0.4) is 0 Å². The number of benzene rings is 1. The van der Waals surface area contributed by atoms with Gasteiger partial charge in [0.15, 0.2) is 0 Å². The number of hydrogen-bond donors (Lipinski definition) is 0. The molecule has 3 heterocycles. The molecule has 1 saturated heterocycles. The molecular weight excluding hydrogens is 427 g/mol. The van der Waals surface area contributed by atoms with Crippen molar-refractivity contribution in [2.24, 2.45) is 0 Å². The molecule has 6 nitrogen and oxygen atoms in total. The fourth-order valence-electron chi connectivity index (χ4n) is 3.27. The summed E-state index contributed by atoms with van der Waals surface area (Å²) < 4.78 is 13.2. The summed E-state index contributed by atoms with van der Waals surface area (Å²) in [5.41, 5.74) is 1.91. The number of carbonyl (C=O) groups is 2. The smallest absolute Gasteiger partial charge is 0.255 e. The van der Waals surface area contributed by atoms with E-state index < -0.39 is 5.82 Å². The Kier molecular flexibility index (Phi) is 6.06. The molecule has 9 heteroatoms. The van der Waals surface area contributed by atoms with E-state index in [1.165, 1.54) is 23.5 Å². The summed E-state index contributed by atoms with van der Waals surface area (Å²) in [5, 5.41) is 2.81. The van der Waals surface area contributed by atoms with Crippen LogP contribution in [0.5, 0.6) is 0 Å². The van der Waals surface area contributed by atoms with Gasteiger partial charge in [-0.1, -0.05) is 11.6 Å². The van der Waals surface area contributed by atoms with E-state index in [1.807, 2.05) is 17.5 Å². The minimum Gasteiger partial charge on any atom is -0.339 e. The molecule has 0 radical (unpaired) electrons. The molecule has 30 heavy (non-hydrogen) atoms. The first kappa shape index (κ1) is 20.4. The van der Waals surface area contributed by atoms with Crippen molar-refractivity contribution in [3.8, 4) is 10.6 Å². The Balaban J connectivity index is 1.33. The number of aromatic nitrogens is 2. The lowest BCUT2D eigenvalue weighted by molar-refractivity contribution is -0.132. The molecule has 0 atom stereocenters. The van der Waals surface area contributed by atoms with Crippen LogP contribution >= 0.6 is 22.9 Å². The van der Waals surface area contributed by atoms with Crippen molar-refractivity contribution in [1.29, 1.82) is 0 Å². The van der Waals surface area contributed by atoms with Crippen LogP contribution in [0, 0.1) is 5.82 Å². The minimum absolute atomic E-state index is 0.0232. The second-order valence-corrected chi connectivity index (χ2v) is 8.12. The highest BCUT2D eigenvalue weighted by Gasteiger charge is 2.26. The number of halogens is 2. The first-order valence-corrected chi connectivity index (χ1v) is 10.6. The molecule has 0 aliphatic carbocycles. The van der Waals surface area contributed by atoms with Gasteiger partial charge in [0.1, 0.15) is 10.8 Å². The Morgan fingerprint density at radius 2 is 1.90 bits per heavy atom. The summed E-state index contributed by atoms with van der Waals surface area (Å²) >= 11 is 7.48. The lowest BCUT2D eigenvalue weighted by Gasteiger charge is -2.35. The summed E-state index contributed by atoms with van der Waals surface area (Å²) in [6.45, 7) is 1.67. The number of thiazole rings is 1. The van der Waals surface area contributed by atoms with Gasteiger partial charge in [-0.15, -0.1) is 11.3 Å². The van der Waals surface area contributed by atoms with Crippen LogP contribution in [0.1, 0.15) is 16.1 Å². The SMILES string of the molecule is O=C(Cc1csc(-c2cccnc2)n1)N1CCN(C(=O)c2ccc(F)cc2Cl)CC1. The van der Waals surface area contributed by atoms with Gasteiger partial charge in [0.2, 0.25) is 5.91 Å². The summed E-state index contributed by atoms with van der Waals surface area (Å²) in [5.74, 6) is -0.765. The maximum atomic E-state index is 13.2. The van der Waals surface area contributed by atoms with Crippen LogP contribution in [-0.2, 0) is 11.2 Å². The fraction of sp³-hybridized carbons (Fsp3) is 0.238. The van der Waals surface area contributed by atoms with Crippen molar-refractivity contribution in [3.63, 3.8) is 0 Å². The van der Waals surface area contributed by atoms with Gasteiger partial charge < -0.3 is 9.80 Å². The molecule has 0 spiro atoms. The molecule has 1 fully saturated rings. The standard InChI is InChI=1S/C21H18ClFN4O2S/c22-18-10-15(23)3-4-17(18)21(29)27-8-6-26(7-9-27)19(28)11-16-13-30-20(25-16)14-2-1-5-24-12-14/h1-5,10,12-13H,6-9,11H2. The van der Waals surface area contributed by atoms with Crippen LogP contribution < -0.4 is 0 Å². The lowest BCUT2D eigenvalue weighted by Crippen LogP contribution is -2.51. The second-order valence-electron chi connectivity index (χ2n) is 6.86. The Bertz CT molecular complexity index is 1070. The van der Waals surface area contributed by atoms with Gasteiger partial charge >= 0.3 is 0 Å². The highest BCUT2D eigenvalue weighted by atomic mass is 35.5. The maximum Gasteiger partial charge on any atom is 0.255 e. The molecule has 4 rings (SSSR count). The summed E-state index contributed by atoms with van der Waals surface area (Å²) in [6, 6.07) is 7.51. The highest BCUT2D eigenvalue weighted by Crippen LogP contribution is 2.23. The fourth-order valence-corrected chi connectivity index (χ4v) is 4.33. The van der Waals surface area contributed by atoms with Crippen molar-refractivity contribution in [2.45, 2.75) is 6.42 Å².